The van der Waals surface area contributed by atoms with Gasteiger partial charge in [0.2, 0.25) is 5.91 Å². The highest BCUT2D eigenvalue weighted by molar-refractivity contribution is 6.06. The number of methoxy groups -OCH3 is 1. The molecule has 7 heteroatoms. The van der Waals surface area contributed by atoms with E-state index in [4.69, 9.17) is 4.74 Å². The highest BCUT2D eigenvalue weighted by atomic mass is 16.5. The number of benzene rings is 3. The van der Waals surface area contributed by atoms with Crippen molar-refractivity contribution in [2.45, 2.75) is 26.3 Å². The van der Waals surface area contributed by atoms with E-state index in [2.05, 4.69) is 16.0 Å². The highest BCUT2D eigenvalue weighted by Crippen LogP contribution is 2.17. The van der Waals surface area contributed by atoms with E-state index in [0.29, 0.717) is 35.5 Å². The lowest BCUT2D eigenvalue weighted by molar-refractivity contribution is -0.118. The Kier molecular flexibility index (Phi) is 9.01. The molecule has 0 fully saturated rings. The summed E-state index contributed by atoms with van der Waals surface area (Å²) in [4.78, 5) is 38.7. The number of para-hydroxylation sites is 1. The third kappa shape index (κ3) is 7.17. The van der Waals surface area contributed by atoms with Crippen molar-refractivity contribution in [2.75, 3.05) is 19.0 Å². The molecule has 1 atom stereocenters. The highest BCUT2D eigenvalue weighted by Gasteiger charge is 2.26. The maximum absolute atomic E-state index is 13.1. The molecule has 3 aromatic rings. The number of hydrogen-bond donors (Lipinski definition) is 3. The molecule has 3 aromatic carbocycles. The van der Waals surface area contributed by atoms with E-state index in [1.165, 1.54) is 0 Å². The molecule has 7 nitrogen and oxygen atoms in total. The van der Waals surface area contributed by atoms with Gasteiger partial charge in [0.25, 0.3) is 11.8 Å². The van der Waals surface area contributed by atoms with Crippen molar-refractivity contribution in [3.8, 4) is 5.75 Å². The van der Waals surface area contributed by atoms with Crippen LogP contribution in [0.3, 0.4) is 0 Å². The van der Waals surface area contributed by atoms with Gasteiger partial charge in [0.15, 0.2) is 0 Å². The topological polar surface area (TPSA) is 96.5 Å². The van der Waals surface area contributed by atoms with Crippen LogP contribution < -0.4 is 20.7 Å². The second kappa shape index (κ2) is 12.4. The predicted molar refractivity (Wildman–Crippen MR) is 137 cm³/mol. The molecule has 3 N–H and O–H groups in total. The minimum Gasteiger partial charge on any atom is -0.497 e. The van der Waals surface area contributed by atoms with Gasteiger partial charge in [-0.1, -0.05) is 56.3 Å². The zero-order valence-electron chi connectivity index (χ0n) is 20.2. The molecule has 0 aliphatic carbocycles. The average Bonchev–Trinajstić information content (AvgIpc) is 2.87. The molecule has 3 amide bonds. The van der Waals surface area contributed by atoms with E-state index in [0.717, 1.165) is 5.56 Å². The minimum atomic E-state index is -0.793. The Morgan fingerprint density at radius 2 is 1.49 bits per heavy atom. The SMILES string of the molecule is COc1ccc(C(=O)N[C@@H](C(=O)Nc2ccccc2C(=O)NCCc2ccccc2)C(C)C)cc1. The van der Waals surface area contributed by atoms with E-state index < -0.39 is 11.9 Å². The Labute approximate surface area is 205 Å². The van der Waals surface area contributed by atoms with Crippen molar-refractivity contribution in [3.63, 3.8) is 0 Å². The molecule has 0 aromatic heterocycles. The third-order valence-electron chi connectivity index (χ3n) is 5.56. The normalized spacial score (nSPS) is 11.4. The van der Waals surface area contributed by atoms with Gasteiger partial charge in [-0.05, 0) is 54.3 Å². The summed E-state index contributed by atoms with van der Waals surface area (Å²) >= 11 is 0. The summed E-state index contributed by atoms with van der Waals surface area (Å²) in [6.07, 6.45) is 0.702. The first-order chi connectivity index (χ1) is 16.9. The van der Waals surface area contributed by atoms with E-state index in [-0.39, 0.29) is 17.7 Å². The van der Waals surface area contributed by atoms with Gasteiger partial charge in [-0.25, -0.2) is 0 Å². The van der Waals surface area contributed by atoms with E-state index >= 15 is 0 Å². The molecule has 0 heterocycles. The molecule has 0 saturated carbocycles. The summed E-state index contributed by atoms with van der Waals surface area (Å²) in [5.41, 5.74) is 2.29. The van der Waals surface area contributed by atoms with Crippen molar-refractivity contribution in [1.29, 1.82) is 0 Å². The molecule has 0 aliphatic heterocycles. The summed E-state index contributed by atoms with van der Waals surface area (Å²) < 4.78 is 5.12. The minimum absolute atomic E-state index is 0.177. The molecule has 35 heavy (non-hydrogen) atoms. The first kappa shape index (κ1) is 25.5. The van der Waals surface area contributed by atoms with Gasteiger partial charge in [0, 0.05) is 12.1 Å². The summed E-state index contributed by atoms with van der Waals surface area (Å²) in [7, 11) is 1.55. The largest absolute Gasteiger partial charge is 0.497 e. The average molecular weight is 474 g/mol. The molecule has 0 aliphatic rings. The van der Waals surface area contributed by atoms with Crippen molar-refractivity contribution >= 4 is 23.4 Å². The van der Waals surface area contributed by atoms with Crippen molar-refractivity contribution in [3.05, 3.63) is 95.6 Å². The summed E-state index contributed by atoms with van der Waals surface area (Å²) in [6.45, 7) is 4.17. The first-order valence-electron chi connectivity index (χ1n) is 11.6. The molecule has 0 bridgehead atoms. The van der Waals surface area contributed by atoms with Crippen LogP contribution in [0.2, 0.25) is 0 Å². The molecule has 3 rings (SSSR count). The molecular formula is C28H31N3O4. The van der Waals surface area contributed by atoms with Crippen LogP contribution in [0.1, 0.15) is 40.1 Å². The lowest BCUT2D eigenvalue weighted by atomic mass is 10.0. The molecule has 0 radical (unpaired) electrons. The fourth-order valence-electron chi connectivity index (χ4n) is 3.56. The van der Waals surface area contributed by atoms with Gasteiger partial charge in [-0.15, -0.1) is 0 Å². The van der Waals surface area contributed by atoms with Crippen LogP contribution in [-0.2, 0) is 11.2 Å². The van der Waals surface area contributed by atoms with Crippen LogP contribution in [0.15, 0.2) is 78.9 Å². The van der Waals surface area contributed by atoms with Crippen LogP contribution in [0.5, 0.6) is 5.75 Å². The van der Waals surface area contributed by atoms with Crippen LogP contribution in [-0.4, -0.2) is 37.4 Å². The second-order valence-electron chi connectivity index (χ2n) is 8.45. The number of rotatable bonds is 10. The van der Waals surface area contributed by atoms with Gasteiger partial charge < -0.3 is 20.7 Å². The van der Waals surface area contributed by atoms with Crippen molar-refractivity contribution in [1.82, 2.24) is 10.6 Å². The summed E-state index contributed by atoms with van der Waals surface area (Å²) in [5, 5.41) is 8.53. The molecular weight excluding hydrogens is 442 g/mol. The molecule has 0 spiro atoms. The van der Waals surface area contributed by atoms with Gasteiger partial charge in [0.05, 0.1) is 18.4 Å². The fourth-order valence-corrected chi connectivity index (χ4v) is 3.56. The molecule has 182 valence electrons. The third-order valence-corrected chi connectivity index (χ3v) is 5.56. The fraction of sp³-hybridized carbons (Fsp3) is 0.250. The maximum atomic E-state index is 13.1. The van der Waals surface area contributed by atoms with Gasteiger partial charge in [-0.2, -0.15) is 0 Å². The quantitative estimate of drug-likeness (QED) is 0.414. The number of amides is 3. The second-order valence-corrected chi connectivity index (χ2v) is 8.45. The van der Waals surface area contributed by atoms with Crippen molar-refractivity contribution < 1.29 is 19.1 Å². The van der Waals surface area contributed by atoms with E-state index in [1.54, 1.807) is 55.6 Å². The number of anilines is 1. The lowest BCUT2D eigenvalue weighted by Crippen LogP contribution is -2.47. The Hall–Kier alpha value is -4.13. The Morgan fingerprint density at radius 3 is 2.14 bits per heavy atom. The number of ether oxygens (including phenoxy) is 1. The first-order valence-corrected chi connectivity index (χ1v) is 11.6. The summed E-state index contributed by atoms with van der Waals surface area (Å²) in [6, 6.07) is 22.6. The zero-order valence-corrected chi connectivity index (χ0v) is 20.2. The van der Waals surface area contributed by atoms with Gasteiger partial charge in [0.1, 0.15) is 11.8 Å². The standard InChI is InChI=1S/C28H31N3O4/c1-19(2)25(31-26(32)21-13-15-22(35-3)16-14-21)28(34)30-24-12-8-7-11-23(24)27(33)29-18-17-20-9-5-4-6-10-20/h4-16,19,25H,17-18H2,1-3H3,(H,29,33)(H,30,34)(H,31,32)/t25-/m1/s1. The van der Waals surface area contributed by atoms with Crippen LogP contribution in [0.25, 0.3) is 0 Å². The smallest absolute Gasteiger partial charge is 0.253 e. The Morgan fingerprint density at radius 1 is 0.829 bits per heavy atom. The Bertz CT molecular complexity index is 1140. The lowest BCUT2D eigenvalue weighted by Gasteiger charge is -2.22. The van der Waals surface area contributed by atoms with E-state index in [9.17, 15) is 14.4 Å². The maximum Gasteiger partial charge on any atom is 0.253 e. The monoisotopic (exact) mass is 473 g/mol. The molecule has 0 saturated heterocycles. The number of nitrogens with one attached hydrogen (secondary N) is 3. The zero-order chi connectivity index (χ0) is 25.2. The number of carbonyl (C=O) groups is 3. The van der Waals surface area contributed by atoms with Crippen LogP contribution in [0.4, 0.5) is 5.69 Å². The van der Waals surface area contributed by atoms with Crippen molar-refractivity contribution in [2.24, 2.45) is 5.92 Å². The van der Waals surface area contributed by atoms with Crippen LogP contribution in [0, 0.1) is 5.92 Å². The van der Waals surface area contributed by atoms with Gasteiger partial charge in [-0.3, -0.25) is 14.4 Å². The van der Waals surface area contributed by atoms with E-state index in [1.807, 2.05) is 44.2 Å². The van der Waals surface area contributed by atoms with Crippen LogP contribution >= 0.6 is 0 Å². The predicted octanol–water partition coefficient (Wildman–Crippen LogP) is 4.06. The summed E-state index contributed by atoms with van der Waals surface area (Å²) in [5.74, 6) is -0.581. The van der Waals surface area contributed by atoms with Gasteiger partial charge >= 0.3 is 0 Å². The molecule has 0 unspecified atom stereocenters. The number of hydrogen-bond acceptors (Lipinski definition) is 4. The number of carbonyl (C=O) groups excluding carboxylic acids is 3. The Balaban J connectivity index is 1.65.